The summed E-state index contributed by atoms with van der Waals surface area (Å²) in [7, 11) is 0. The van der Waals surface area contributed by atoms with Gasteiger partial charge in [-0.05, 0) is 50.3 Å². The van der Waals surface area contributed by atoms with Gasteiger partial charge in [0.25, 0.3) is 5.91 Å². The molecule has 1 saturated carbocycles. The largest absolute Gasteiger partial charge is 0.382 e. The average molecular weight is 404 g/mol. The number of nitrogens with one attached hydrogen (secondary N) is 3. The molecule has 1 aliphatic carbocycles. The number of rotatable bonds is 11. The van der Waals surface area contributed by atoms with E-state index in [1.807, 2.05) is 6.92 Å². The minimum absolute atomic E-state index is 0.0700. The molecule has 1 fully saturated rings. The summed E-state index contributed by atoms with van der Waals surface area (Å²) in [5.41, 5.74) is 0.999. The SMILES string of the molecule is CCOCCCNC(=O)c1cccc(NC(=O)CNC(=O)CC2CCCCC2)c1. The number of benzene rings is 1. The minimum Gasteiger partial charge on any atom is -0.382 e. The number of anilines is 1. The number of amides is 3. The third-order valence-corrected chi connectivity index (χ3v) is 5.01. The van der Waals surface area contributed by atoms with Crippen molar-refractivity contribution in [1.29, 1.82) is 0 Å². The summed E-state index contributed by atoms with van der Waals surface area (Å²) >= 11 is 0. The zero-order valence-electron chi connectivity index (χ0n) is 17.3. The molecule has 3 N–H and O–H groups in total. The zero-order valence-corrected chi connectivity index (χ0v) is 17.3. The lowest BCUT2D eigenvalue weighted by Gasteiger charge is -2.20. The van der Waals surface area contributed by atoms with E-state index < -0.39 is 0 Å². The molecule has 0 aliphatic heterocycles. The van der Waals surface area contributed by atoms with Crippen LogP contribution < -0.4 is 16.0 Å². The van der Waals surface area contributed by atoms with Crippen LogP contribution >= 0.6 is 0 Å². The highest BCUT2D eigenvalue weighted by Crippen LogP contribution is 2.25. The maximum atomic E-state index is 12.2. The Kier molecular flexibility index (Phi) is 10.2. The van der Waals surface area contributed by atoms with Gasteiger partial charge in [0.1, 0.15) is 0 Å². The van der Waals surface area contributed by atoms with Crippen LogP contribution in [0.4, 0.5) is 5.69 Å². The van der Waals surface area contributed by atoms with Gasteiger partial charge >= 0.3 is 0 Å². The van der Waals surface area contributed by atoms with E-state index in [2.05, 4.69) is 16.0 Å². The molecule has 0 saturated heterocycles. The van der Waals surface area contributed by atoms with E-state index in [1.54, 1.807) is 24.3 Å². The highest BCUT2D eigenvalue weighted by atomic mass is 16.5. The third kappa shape index (κ3) is 9.09. The van der Waals surface area contributed by atoms with E-state index in [-0.39, 0.29) is 24.3 Å². The lowest BCUT2D eigenvalue weighted by atomic mass is 9.87. The zero-order chi connectivity index (χ0) is 20.9. The van der Waals surface area contributed by atoms with Crippen molar-refractivity contribution in [3.63, 3.8) is 0 Å². The van der Waals surface area contributed by atoms with Crippen LogP contribution in [0.2, 0.25) is 0 Å². The summed E-state index contributed by atoms with van der Waals surface area (Å²) in [6.45, 7) is 3.67. The normalized spacial score (nSPS) is 14.2. The Morgan fingerprint density at radius 3 is 2.62 bits per heavy atom. The molecule has 1 aromatic carbocycles. The van der Waals surface area contributed by atoms with Gasteiger partial charge in [0.2, 0.25) is 11.8 Å². The van der Waals surface area contributed by atoms with E-state index >= 15 is 0 Å². The summed E-state index contributed by atoms with van der Waals surface area (Å²) in [4.78, 5) is 36.3. The third-order valence-electron chi connectivity index (χ3n) is 5.01. The van der Waals surface area contributed by atoms with Crippen molar-refractivity contribution in [3.05, 3.63) is 29.8 Å². The van der Waals surface area contributed by atoms with Crippen molar-refractivity contribution in [2.45, 2.75) is 51.9 Å². The highest BCUT2D eigenvalue weighted by Gasteiger charge is 2.17. The van der Waals surface area contributed by atoms with Gasteiger partial charge in [-0.3, -0.25) is 14.4 Å². The van der Waals surface area contributed by atoms with Crippen LogP contribution in [0.5, 0.6) is 0 Å². The van der Waals surface area contributed by atoms with E-state index in [4.69, 9.17) is 4.74 Å². The molecule has 0 spiro atoms. The molecule has 0 radical (unpaired) electrons. The lowest BCUT2D eigenvalue weighted by Crippen LogP contribution is -2.34. The molecular weight excluding hydrogens is 370 g/mol. The van der Waals surface area contributed by atoms with E-state index in [1.165, 1.54) is 19.3 Å². The maximum Gasteiger partial charge on any atom is 0.251 e. The molecule has 0 atom stereocenters. The van der Waals surface area contributed by atoms with E-state index in [0.717, 1.165) is 19.3 Å². The van der Waals surface area contributed by atoms with Crippen LogP contribution in [0, 0.1) is 5.92 Å². The van der Waals surface area contributed by atoms with Crippen LogP contribution in [-0.4, -0.2) is 44.0 Å². The standard InChI is InChI=1S/C22H33N3O4/c1-2-29-13-7-12-23-22(28)18-10-6-11-19(15-18)25-21(27)16-24-20(26)14-17-8-4-3-5-9-17/h6,10-11,15,17H,2-5,7-9,12-14,16H2,1H3,(H,23,28)(H,24,26)(H,25,27). The molecule has 0 heterocycles. The first-order chi connectivity index (χ1) is 14.1. The fraction of sp³-hybridized carbons (Fsp3) is 0.591. The Labute approximate surface area is 173 Å². The quantitative estimate of drug-likeness (QED) is 0.495. The first-order valence-corrected chi connectivity index (χ1v) is 10.6. The van der Waals surface area contributed by atoms with Crippen LogP contribution in [0.25, 0.3) is 0 Å². The number of hydrogen-bond acceptors (Lipinski definition) is 4. The van der Waals surface area contributed by atoms with Crippen molar-refractivity contribution in [2.24, 2.45) is 5.92 Å². The summed E-state index contributed by atoms with van der Waals surface area (Å²) in [5, 5.41) is 8.24. The van der Waals surface area contributed by atoms with Gasteiger partial charge in [0, 0.05) is 37.4 Å². The molecule has 7 heteroatoms. The molecular formula is C22H33N3O4. The number of carbonyl (C=O) groups is 3. The van der Waals surface area contributed by atoms with Crippen molar-refractivity contribution in [1.82, 2.24) is 10.6 Å². The van der Waals surface area contributed by atoms with Crippen molar-refractivity contribution >= 4 is 23.4 Å². The summed E-state index contributed by atoms with van der Waals surface area (Å²) in [5.74, 6) is -0.141. The molecule has 1 aliphatic rings. The molecule has 0 bridgehead atoms. The highest BCUT2D eigenvalue weighted by molar-refractivity contribution is 5.98. The van der Waals surface area contributed by atoms with Crippen LogP contribution in [0.1, 0.15) is 62.2 Å². The van der Waals surface area contributed by atoms with Crippen LogP contribution in [0.3, 0.4) is 0 Å². The Balaban J connectivity index is 1.71. The second-order valence-electron chi connectivity index (χ2n) is 7.42. The molecule has 160 valence electrons. The van der Waals surface area contributed by atoms with Crippen molar-refractivity contribution in [2.75, 3.05) is 31.6 Å². The van der Waals surface area contributed by atoms with E-state index in [9.17, 15) is 14.4 Å². The Hall–Kier alpha value is -2.41. The molecule has 0 unspecified atom stereocenters. The Morgan fingerprint density at radius 2 is 1.86 bits per heavy atom. The molecule has 7 nitrogen and oxygen atoms in total. The van der Waals surface area contributed by atoms with Gasteiger partial charge in [-0.1, -0.05) is 25.3 Å². The Bertz CT molecular complexity index is 672. The predicted octanol–water partition coefficient (Wildman–Crippen LogP) is 2.87. The van der Waals surface area contributed by atoms with Crippen LogP contribution in [0.15, 0.2) is 24.3 Å². The summed E-state index contributed by atoms with van der Waals surface area (Å²) in [6, 6.07) is 6.75. The van der Waals surface area contributed by atoms with Gasteiger partial charge in [-0.2, -0.15) is 0 Å². The molecule has 29 heavy (non-hydrogen) atoms. The number of carbonyl (C=O) groups excluding carboxylic acids is 3. The first-order valence-electron chi connectivity index (χ1n) is 10.6. The van der Waals surface area contributed by atoms with Gasteiger partial charge in [0.15, 0.2) is 0 Å². The topological polar surface area (TPSA) is 96.5 Å². The summed E-state index contributed by atoms with van der Waals surface area (Å²) < 4.78 is 5.24. The van der Waals surface area contributed by atoms with Gasteiger partial charge in [-0.15, -0.1) is 0 Å². The van der Waals surface area contributed by atoms with Gasteiger partial charge in [0.05, 0.1) is 6.54 Å². The smallest absolute Gasteiger partial charge is 0.251 e. The van der Waals surface area contributed by atoms with Crippen molar-refractivity contribution in [3.8, 4) is 0 Å². The second-order valence-corrected chi connectivity index (χ2v) is 7.42. The average Bonchev–Trinajstić information content (AvgIpc) is 2.73. The lowest BCUT2D eigenvalue weighted by molar-refractivity contribution is -0.125. The number of ether oxygens (including phenoxy) is 1. The minimum atomic E-state index is -0.309. The second kappa shape index (κ2) is 12.9. The van der Waals surface area contributed by atoms with Crippen LogP contribution in [-0.2, 0) is 14.3 Å². The molecule has 1 aromatic rings. The molecule has 3 amide bonds. The van der Waals surface area contributed by atoms with Gasteiger partial charge < -0.3 is 20.7 Å². The maximum absolute atomic E-state index is 12.2. The Morgan fingerprint density at radius 1 is 1.07 bits per heavy atom. The van der Waals surface area contributed by atoms with Crippen molar-refractivity contribution < 1.29 is 19.1 Å². The predicted molar refractivity (Wildman–Crippen MR) is 113 cm³/mol. The monoisotopic (exact) mass is 403 g/mol. The fourth-order valence-corrected chi connectivity index (χ4v) is 3.47. The van der Waals surface area contributed by atoms with E-state index in [0.29, 0.717) is 43.3 Å². The molecule has 0 aromatic heterocycles. The first kappa shape index (κ1) is 22.9. The molecule has 2 rings (SSSR count). The van der Waals surface area contributed by atoms with Gasteiger partial charge in [-0.25, -0.2) is 0 Å². The fourth-order valence-electron chi connectivity index (χ4n) is 3.47. The number of hydrogen-bond donors (Lipinski definition) is 3. The summed E-state index contributed by atoms with van der Waals surface area (Å²) in [6.07, 6.45) is 7.07.